The van der Waals surface area contributed by atoms with Crippen LogP contribution < -0.4 is 28.9 Å². The van der Waals surface area contributed by atoms with E-state index in [1.807, 2.05) is 62.0 Å². The van der Waals surface area contributed by atoms with Crippen LogP contribution in [0.25, 0.3) is 77.8 Å². The molecule has 10 aromatic rings. The van der Waals surface area contributed by atoms with Crippen molar-refractivity contribution >= 4 is 111 Å². The number of carbonyl (C=O) groups excluding carboxylic acids is 2. The molecule has 96 heavy (non-hydrogen) atoms. The van der Waals surface area contributed by atoms with Gasteiger partial charge >= 0.3 is 7.12 Å². The number of aromatic nitrogens is 4. The van der Waals surface area contributed by atoms with Gasteiger partial charge in [0, 0.05) is 83.1 Å². The molecule has 3 aliphatic heterocycles. The molecule has 4 aliphatic carbocycles. The predicted molar refractivity (Wildman–Crippen MR) is 365 cm³/mol. The van der Waals surface area contributed by atoms with Crippen LogP contribution in [-0.4, -0.2) is 99.6 Å². The molecule has 9 heterocycles. The first-order valence-corrected chi connectivity index (χ1v) is 36.3. The number of pyridine rings is 2. The second-order valence-corrected chi connectivity index (χ2v) is 31.9. The van der Waals surface area contributed by atoms with Crippen LogP contribution in [0.4, 0.5) is 20.2 Å². The van der Waals surface area contributed by atoms with Gasteiger partial charge in [0.15, 0.2) is 19.2 Å². The van der Waals surface area contributed by atoms with Crippen LogP contribution in [0.3, 0.4) is 0 Å². The van der Waals surface area contributed by atoms with Gasteiger partial charge in [0.05, 0.1) is 74.3 Å². The highest BCUT2D eigenvalue weighted by molar-refractivity contribution is 7.92. The van der Waals surface area contributed by atoms with Crippen molar-refractivity contribution in [3.8, 4) is 45.5 Å². The molecule has 17 rings (SSSR count). The number of ketones is 1. The van der Waals surface area contributed by atoms with Crippen LogP contribution in [-0.2, 0) is 53.6 Å². The van der Waals surface area contributed by atoms with E-state index in [4.69, 9.17) is 44.2 Å². The Morgan fingerprint density at radius 3 is 1.67 bits per heavy atom. The lowest BCUT2D eigenvalue weighted by molar-refractivity contribution is 0.00578. The Balaban J connectivity index is 0.000000127. The molecule has 498 valence electrons. The molecule has 25 heteroatoms. The first-order valence-electron chi connectivity index (χ1n) is 32.3. The Morgan fingerprint density at radius 2 is 1.17 bits per heavy atom. The van der Waals surface area contributed by atoms with Crippen molar-refractivity contribution in [1.82, 2.24) is 24.4 Å². The normalized spacial score (nSPS) is 21.4. The van der Waals surface area contributed by atoms with Gasteiger partial charge in [-0.05, 0) is 151 Å². The maximum absolute atomic E-state index is 14.7. The lowest BCUT2D eigenvalue weighted by atomic mass is 9.76. The summed E-state index contributed by atoms with van der Waals surface area (Å²) in [5, 5.41) is 5.52. The zero-order valence-corrected chi connectivity index (χ0v) is 57.2. The summed E-state index contributed by atoms with van der Waals surface area (Å²) in [5.41, 5.74) is 7.26. The van der Waals surface area contributed by atoms with Crippen molar-refractivity contribution in [2.45, 2.75) is 128 Å². The highest BCUT2D eigenvalue weighted by atomic mass is 35.5. The third kappa shape index (κ3) is 10.1. The number of hydrogen-bond acceptors (Lipinski definition) is 14. The maximum Gasteiger partial charge on any atom is 0.497 e. The molecule has 1 saturated heterocycles. The summed E-state index contributed by atoms with van der Waals surface area (Å²) in [5.74, 6) is 2.96. The summed E-state index contributed by atoms with van der Waals surface area (Å²) >= 11 is 5.92. The quantitative estimate of drug-likeness (QED) is 0.0723. The average molecular weight is 1360 g/mol. The third-order valence-corrected chi connectivity index (χ3v) is 24.1. The molecule has 1 amide bonds. The Labute approximate surface area is 559 Å². The van der Waals surface area contributed by atoms with E-state index in [0.29, 0.717) is 142 Å². The number of amides is 1. The molecule has 5 fully saturated rings. The third-order valence-electron chi connectivity index (χ3n) is 21.5. The largest absolute Gasteiger partial charge is 0.497 e. The highest BCUT2D eigenvalue weighted by Crippen LogP contribution is 2.67. The fraction of sp³-hybridized carbons (Fsp3) is 0.380. The van der Waals surface area contributed by atoms with E-state index >= 15 is 0 Å². The van der Waals surface area contributed by atoms with Gasteiger partial charge in [-0.2, -0.15) is 0 Å². The molecular formula is C71H71BClF2N7O12S2. The zero-order chi connectivity index (χ0) is 67.7. The van der Waals surface area contributed by atoms with Crippen LogP contribution in [0.15, 0.2) is 106 Å². The number of rotatable bonds is 11. The summed E-state index contributed by atoms with van der Waals surface area (Å²) in [7, 11) is -3.42. The first kappa shape index (κ1) is 63.8. The molecule has 4 unspecified atom stereocenters. The lowest BCUT2D eigenvalue weighted by Gasteiger charge is -2.32. The van der Waals surface area contributed by atoms with Crippen molar-refractivity contribution in [3.05, 3.63) is 136 Å². The Hall–Kier alpha value is -8.29. The van der Waals surface area contributed by atoms with Crippen LogP contribution >= 0.6 is 11.6 Å². The topological polar surface area (TPSA) is 220 Å². The van der Waals surface area contributed by atoms with Crippen LogP contribution in [0.1, 0.15) is 125 Å². The van der Waals surface area contributed by atoms with Crippen molar-refractivity contribution in [3.63, 3.8) is 0 Å². The second kappa shape index (κ2) is 22.4. The number of Topliss-reactive ketones (excluding diaryl/α,β-unsaturated/α-hetero) is 1. The van der Waals surface area contributed by atoms with Gasteiger partial charge in [-0.3, -0.25) is 18.2 Å². The van der Waals surface area contributed by atoms with Gasteiger partial charge in [-0.25, -0.2) is 35.6 Å². The van der Waals surface area contributed by atoms with Crippen molar-refractivity contribution in [2.75, 3.05) is 42.3 Å². The van der Waals surface area contributed by atoms with Gasteiger partial charge in [0.1, 0.15) is 62.4 Å². The van der Waals surface area contributed by atoms with Gasteiger partial charge in [-0.1, -0.05) is 43.5 Å². The van der Waals surface area contributed by atoms with Crippen LogP contribution in [0.2, 0.25) is 5.15 Å². The number of sulfonamides is 2. The van der Waals surface area contributed by atoms with E-state index in [1.54, 1.807) is 73.8 Å². The summed E-state index contributed by atoms with van der Waals surface area (Å²) in [4.78, 5) is 35.8. The highest BCUT2D eigenvalue weighted by Gasteiger charge is 2.63. The van der Waals surface area contributed by atoms with E-state index in [9.17, 15) is 35.2 Å². The summed E-state index contributed by atoms with van der Waals surface area (Å²) in [6, 6.07) is 27.5. The molecule has 7 aliphatic rings. The van der Waals surface area contributed by atoms with Crippen LogP contribution in [0.5, 0.6) is 11.5 Å². The molecule has 19 nitrogen and oxygen atoms in total. The molecule has 4 saturated carbocycles. The van der Waals surface area contributed by atoms with E-state index in [0.717, 1.165) is 80.8 Å². The fourth-order valence-electron chi connectivity index (χ4n) is 15.3. The van der Waals surface area contributed by atoms with E-state index in [1.165, 1.54) is 34.8 Å². The minimum absolute atomic E-state index is 0.0461. The zero-order valence-electron chi connectivity index (χ0n) is 54.8. The Kier molecular flexibility index (Phi) is 14.9. The molecule has 4 atom stereocenters. The van der Waals surface area contributed by atoms with E-state index < -0.39 is 38.4 Å². The standard InChI is InChI=1S/C32H29FN4O5S.C25H34BNO6S.C14H8ClFN2O/c1-34-31(38)28-20-12-19(24(36(2)43(3,39)40)14-27(20)42-30(28)32-11-5-6-17(32)15-32)22-9-10-26-29(35-22)25-13-18-21(33)7-4-8-23(18)37(25)16-41-26;1-8-19(28)21-16-12-17(26-32-23(2,3)24(4,5)33-26)18(27(6)34(7,29)30)13-20(16)31-22(21)25-11-9-10-15(25)14-25;15-13-5-4-12-14(17-13)11-6-8-9(16)2-1-3-10(8)18(11)7-19-12/h4,7-10,12-14,17H,5-6,11,15-16H2,1-3H3,(H,34,38);12-13,15H,8-11,14H2,1-7H3;1-6H,7H2. The monoisotopic (exact) mass is 1360 g/mol. The van der Waals surface area contributed by atoms with Crippen LogP contribution in [0, 0.1) is 23.5 Å². The average Bonchev–Trinajstić information content (AvgIpc) is 1.54. The van der Waals surface area contributed by atoms with Crippen molar-refractivity contribution < 1.29 is 62.8 Å². The molecule has 4 aromatic carbocycles. The number of halogens is 3. The minimum atomic E-state index is -3.67. The van der Waals surface area contributed by atoms with Gasteiger partial charge in [-0.15, -0.1) is 0 Å². The number of hydrogen-bond donors (Lipinski definition) is 1. The van der Waals surface area contributed by atoms with Gasteiger partial charge in [0.25, 0.3) is 5.91 Å². The number of fused-ring (bicyclic) bond motifs is 14. The number of anilines is 2. The second-order valence-electron chi connectivity index (χ2n) is 27.5. The van der Waals surface area contributed by atoms with Crippen molar-refractivity contribution in [2.24, 2.45) is 11.8 Å². The van der Waals surface area contributed by atoms with E-state index in [-0.39, 0.29) is 40.9 Å². The lowest BCUT2D eigenvalue weighted by Crippen LogP contribution is -2.41. The molecule has 0 radical (unpaired) electrons. The first-order chi connectivity index (χ1) is 45.6. The minimum Gasteiger partial charge on any atom is -0.470 e. The molecule has 6 aromatic heterocycles. The predicted octanol–water partition coefficient (Wildman–Crippen LogP) is 13.8. The van der Waals surface area contributed by atoms with Gasteiger partial charge in [0.2, 0.25) is 20.0 Å². The number of ether oxygens (including phenoxy) is 2. The number of benzene rings is 4. The number of carbonyl (C=O) groups is 2. The number of nitrogens with zero attached hydrogens (tertiary/aromatic N) is 6. The summed E-state index contributed by atoms with van der Waals surface area (Å²) in [6.07, 6.45) is 11.2. The summed E-state index contributed by atoms with van der Waals surface area (Å²) < 4.78 is 123. The molecule has 0 bridgehead atoms. The molecular weight excluding hydrogens is 1290 g/mol. The molecule has 1 N–H and O–H groups in total. The maximum atomic E-state index is 14.7. The number of furan rings is 2. The fourth-order valence-corrected chi connectivity index (χ4v) is 16.5. The SMILES string of the molecule is CCC(=O)c1c(C23CCCC2C3)oc2cc(N(C)S(C)(=O)=O)c(B3OC(C)(C)C(C)(C)O3)cc12.CNC(=O)c1c(C23CCCC2C3)oc2cc(N(C)S(C)(=O)=O)c(-c3ccc4c(n3)-c3cc5c(F)cccc5n3CO4)cc12.Fc1cccc2c1cc1n2COc2ccc(Cl)nc2-1. The molecule has 0 spiro atoms. The number of nitrogens with one attached hydrogen (secondary N) is 1. The van der Waals surface area contributed by atoms with E-state index in [2.05, 4.69) is 10.3 Å². The van der Waals surface area contributed by atoms with Gasteiger partial charge < -0.3 is 42.1 Å². The Bertz CT molecular complexity index is 5200. The smallest absolute Gasteiger partial charge is 0.470 e. The summed E-state index contributed by atoms with van der Waals surface area (Å²) in [6.45, 7) is 10.3. The Morgan fingerprint density at radius 1 is 0.667 bits per heavy atom. The van der Waals surface area contributed by atoms with Crippen molar-refractivity contribution in [1.29, 1.82) is 0 Å².